The second-order valence-electron chi connectivity index (χ2n) is 7.44. The van der Waals surface area contributed by atoms with E-state index in [0.717, 1.165) is 36.6 Å². The normalized spacial score (nSPS) is 16.6. The van der Waals surface area contributed by atoms with Crippen molar-refractivity contribution >= 4 is 26.8 Å². The number of hydrogen-bond donors (Lipinski definition) is 1. The first-order valence-corrected chi connectivity index (χ1v) is 11.1. The van der Waals surface area contributed by atoms with Crippen LogP contribution in [0.25, 0.3) is 10.9 Å². The van der Waals surface area contributed by atoms with E-state index in [1.54, 1.807) is 24.3 Å². The van der Waals surface area contributed by atoms with E-state index in [2.05, 4.69) is 5.32 Å². The number of nitrogens with zero attached hydrogens (tertiary/aromatic N) is 2. The molecule has 6 nitrogen and oxygen atoms in total. The van der Waals surface area contributed by atoms with Crippen LogP contribution in [0, 0.1) is 0 Å². The maximum absolute atomic E-state index is 12.9. The third-order valence-corrected chi connectivity index (χ3v) is 7.20. The van der Waals surface area contributed by atoms with Gasteiger partial charge in [-0.15, -0.1) is 0 Å². The number of aryl methyl sites for hydroxylation is 1. The molecule has 1 N–H and O–H groups in total. The van der Waals surface area contributed by atoms with E-state index >= 15 is 0 Å². The monoisotopic (exact) mass is 391 g/mol. The van der Waals surface area contributed by atoms with Gasteiger partial charge < -0.3 is 9.88 Å². The van der Waals surface area contributed by atoms with Crippen molar-refractivity contribution < 1.29 is 13.2 Å². The largest absolute Gasteiger partial charge is 0.348 e. The number of rotatable bonds is 5. The van der Waals surface area contributed by atoms with Crippen molar-refractivity contribution in [3.05, 3.63) is 30.0 Å². The second-order valence-corrected chi connectivity index (χ2v) is 9.60. The number of carbonyl (C=O) groups excluding carboxylic acids is 1. The lowest BCUT2D eigenvalue weighted by Gasteiger charge is -2.17. The Hall–Kier alpha value is -1.86. The standard InChI is InChI=1S/C20H29N3O3S/c1-4-23-18-12-11-17(27(25,26)22(2)3)13-15(18)14-19(23)20(24)21-16-9-7-5-6-8-10-16/h11-14,16H,4-10H2,1-3H3,(H,21,24). The van der Waals surface area contributed by atoms with Crippen LogP contribution in [-0.2, 0) is 16.6 Å². The summed E-state index contributed by atoms with van der Waals surface area (Å²) in [7, 11) is -0.470. The van der Waals surface area contributed by atoms with E-state index in [4.69, 9.17) is 0 Å². The molecule has 1 aliphatic rings. The highest BCUT2D eigenvalue weighted by molar-refractivity contribution is 7.89. The summed E-state index contributed by atoms with van der Waals surface area (Å²) >= 11 is 0. The lowest BCUT2D eigenvalue weighted by Crippen LogP contribution is -2.35. The SMILES string of the molecule is CCn1c(C(=O)NC2CCCCCC2)cc2cc(S(=O)(=O)N(C)C)ccc21. The fraction of sp³-hybridized carbons (Fsp3) is 0.550. The number of carbonyl (C=O) groups is 1. The van der Waals surface area contributed by atoms with Crippen molar-refractivity contribution in [2.75, 3.05) is 14.1 Å². The first-order valence-electron chi connectivity index (χ1n) is 9.71. The van der Waals surface area contributed by atoms with E-state index in [9.17, 15) is 13.2 Å². The zero-order valence-electron chi connectivity index (χ0n) is 16.4. The molecule has 0 radical (unpaired) electrons. The van der Waals surface area contributed by atoms with Gasteiger partial charge in [-0.1, -0.05) is 25.7 Å². The van der Waals surface area contributed by atoms with Crippen LogP contribution in [-0.4, -0.2) is 43.3 Å². The summed E-state index contributed by atoms with van der Waals surface area (Å²) < 4.78 is 28.0. The Bertz CT molecular complexity index is 923. The van der Waals surface area contributed by atoms with Gasteiger partial charge >= 0.3 is 0 Å². The maximum Gasteiger partial charge on any atom is 0.268 e. The molecular weight excluding hydrogens is 362 g/mol. The molecular formula is C20H29N3O3S. The highest BCUT2D eigenvalue weighted by Crippen LogP contribution is 2.25. The van der Waals surface area contributed by atoms with E-state index in [1.165, 1.54) is 31.2 Å². The lowest BCUT2D eigenvalue weighted by molar-refractivity contribution is 0.0924. The van der Waals surface area contributed by atoms with Crippen molar-refractivity contribution in [1.29, 1.82) is 0 Å². The van der Waals surface area contributed by atoms with Gasteiger partial charge in [0.25, 0.3) is 5.91 Å². The van der Waals surface area contributed by atoms with Gasteiger partial charge in [-0.3, -0.25) is 4.79 Å². The summed E-state index contributed by atoms with van der Waals surface area (Å²) in [6.07, 6.45) is 6.86. The molecule has 0 bridgehead atoms. The number of benzene rings is 1. The third-order valence-electron chi connectivity index (χ3n) is 5.39. The predicted octanol–water partition coefficient (Wildman–Crippen LogP) is 3.36. The number of aromatic nitrogens is 1. The summed E-state index contributed by atoms with van der Waals surface area (Å²) in [6.45, 7) is 2.64. The van der Waals surface area contributed by atoms with E-state index in [0.29, 0.717) is 12.2 Å². The Balaban J connectivity index is 1.94. The van der Waals surface area contributed by atoms with Gasteiger partial charge in [-0.25, -0.2) is 12.7 Å². The van der Waals surface area contributed by atoms with Gasteiger partial charge in [0.05, 0.1) is 4.90 Å². The number of sulfonamides is 1. The topological polar surface area (TPSA) is 71.4 Å². The van der Waals surface area contributed by atoms with Crippen LogP contribution in [0.2, 0.25) is 0 Å². The molecule has 1 aromatic heterocycles. The first-order chi connectivity index (χ1) is 12.8. The Labute approximate surface area is 161 Å². The zero-order chi connectivity index (χ0) is 19.6. The minimum absolute atomic E-state index is 0.0723. The lowest BCUT2D eigenvalue weighted by atomic mass is 10.1. The number of nitrogens with one attached hydrogen (secondary N) is 1. The average Bonchev–Trinajstić information content (AvgIpc) is 2.82. The number of fused-ring (bicyclic) bond motifs is 1. The van der Waals surface area contributed by atoms with Gasteiger partial charge in [0.1, 0.15) is 5.69 Å². The molecule has 1 amide bonds. The molecule has 0 atom stereocenters. The Kier molecular flexibility index (Phi) is 5.91. The average molecular weight is 392 g/mol. The molecule has 1 saturated carbocycles. The Morgan fingerprint density at radius 3 is 2.41 bits per heavy atom. The number of amides is 1. The van der Waals surface area contributed by atoms with Crippen molar-refractivity contribution in [3.63, 3.8) is 0 Å². The highest BCUT2D eigenvalue weighted by Gasteiger charge is 2.22. The summed E-state index contributed by atoms with van der Waals surface area (Å²) in [4.78, 5) is 13.1. The molecule has 0 aliphatic heterocycles. The summed E-state index contributed by atoms with van der Waals surface area (Å²) in [5.41, 5.74) is 1.47. The highest BCUT2D eigenvalue weighted by atomic mass is 32.2. The van der Waals surface area contributed by atoms with Crippen molar-refractivity contribution in [2.45, 2.75) is 62.9 Å². The van der Waals surface area contributed by atoms with Crippen LogP contribution in [0.1, 0.15) is 55.9 Å². The minimum atomic E-state index is -3.50. The fourth-order valence-corrected chi connectivity index (χ4v) is 4.77. The molecule has 1 aromatic carbocycles. The summed E-state index contributed by atoms with van der Waals surface area (Å²) in [5, 5.41) is 3.96. The molecule has 0 saturated heterocycles. The summed E-state index contributed by atoms with van der Waals surface area (Å²) in [6, 6.07) is 7.08. The molecule has 27 heavy (non-hydrogen) atoms. The smallest absolute Gasteiger partial charge is 0.268 e. The molecule has 2 aromatic rings. The van der Waals surface area contributed by atoms with Crippen LogP contribution in [0.4, 0.5) is 0 Å². The van der Waals surface area contributed by atoms with Gasteiger partial charge in [0, 0.05) is 37.6 Å². The van der Waals surface area contributed by atoms with Crippen LogP contribution >= 0.6 is 0 Å². The molecule has 1 heterocycles. The van der Waals surface area contributed by atoms with Crippen molar-refractivity contribution in [1.82, 2.24) is 14.2 Å². The predicted molar refractivity (Wildman–Crippen MR) is 107 cm³/mol. The Morgan fingerprint density at radius 1 is 1.15 bits per heavy atom. The quantitative estimate of drug-likeness (QED) is 0.795. The molecule has 0 unspecified atom stereocenters. The molecule has 3 rings (SSSR count). The zero-order valence-corrected chi connectivity index (χ0v) is 17.2. The van der Waals surface area contributed by atoms with Gasteiger partial charge in [-0.2, -0.15) is 0 Å². The fourth-order valence-electron chi connectivity index (χ4n) is 3.83. The van der Waals surface area contributed by atoms with E-state index < -0.39 is 10.0 Å². The Morgan fingerprint density at radius 2 is 1.81 bits per heavy atom. The second kappa shape index (κ2) is 8.02. The number of hydrogen-bond acceptors (Lipinski definition) is 3. The van der Waals surface area contributed by atoms with Crippen molar-refractivity contribution in [2.24, 2.45) is 0 Å². The van der Waals surface area contributed by atoms with E-state index in [1.807, 2.05) is 11.5 Å². The van der Waals surface area contributed by atoms with Gasteiger partial charge in [0.2, 0.25) is 10.0 Å². The van der Waals surface area contributed by atoms with Crippen LogP contribution in [0.3, 0.4) is 0 Å². The van der Waals surface area contributed by atoms with Crippen LogP contribution in [0.15, 0.2) is 29.2 Å². The molecule has 148 valence electrons. The molecule has 1 aliphatic carbocycles. The van der Waals surface area contributed by atoms with Crippen molar-refractivity contribution in [3.8, 4) is 0 Å². The summed E-state index contributed by atoms with van der Waals surface area (Å²) in [5.74, 6) is -0.0723. The van der Waals surface area contributed by atoms with Crippen LogP contribution in [0.5, 0.6) is 0 Å². The molecule has 1 fully saturated rings. The molecule has 0 spiro atoms. The van der Waals surface area contributed by atoms with E-state index in [-0.39, 0.29) is 16.8 Å². The van der Waals surface area contributed by atoms with Crippen LogP contribution < -0.4 is 5.32 Å². The van der Waals surface area contributed by atoms with Gasteiger partial charge in [0.15, 0.2) is 0 Å². The first kappa shape index (κ1) is 19.9. The third kappa shape index (κ3) is 4.04. The van der Waals surface area contributed by atoms with Gasteiger partial charge in [-0.05, 0) is 44.0 Å². The maximum atomic E-state index is 12.9. The molecule has 7 heteroatoms. The minimum Gasteiger partial charge on any atom is -0.348 e.